The molecule has 0 aromatic heterocycles. The zero-order valence-corrected chi connectivity index (χ0v) is 17.3. The van der Waals surface area contributed by atoms with Crippen molar-refractivity contribution in [1.82, 2.24) is 4.90 Å². The van der Waals surface area contributed by atoms with Crippen molar-refractivity contribution in [2.45, 2.75) is 13.8 Å². The SMILES string of the molecule is CCN1C(=O)/C(=C/c2ccc(OCC(=O)O)cc2)SC1=Nc1cccc(C(C)=O)c1. The third-order valence-corrected chi connectivity index (χ3v) is 5.23. The third-order valence-electron chi connectivity index (χ3n) is 4.22. The smallest absolute Gasteiger partial charge is 0.341 e. The summed E-state index contributed by atoms with van der Waals surface area (Å²) in [7, 11) is 0. The summed E-state index contributed by atoms with van der Waals surface area (Å²) in [6.07, 6.45) is 1.76. The zero-order valence-electron chi connectivity index (χ0n) is 16.5. The number of carbonyl (C=O) groups excluding carboxylic acids is 2. The molecular formula is C22H20N2O5S. The fourth-order valence-electron chi connectivity index (χ4n) is 2.73. The minimum absolute atomic E-state index is 0.0454. The van der Waals surface area contributed by atoms with Crippen LogP contribution in [0.5, 0.6) is 5.75 Å². The topological polar surface area (TPSA) is 96.3 Å². The third kappa shape index (κ3) is 5.15. The van der Waals surface area contributed by atoms with Crippen molar-refractivity contribution in [2.75, 3.05) is 13.2 Å². The number of carbonyl (C=O) groups is 3. The Hall–Kier alpha value is -3.39. The van der Waals surface area contributed by atoms with Crippen LogP contribution < -0.4 is 4.74 Å². The van der Waals surface area contributed by atoms with Gasteiger partial charge >= 0.3 is 5.97 Å². The highest BCUT2D eigenvalue weighted by atomic mass is 32.2. The van der Waals surface area contributed by atoms with Crippen LogP contribution in [0, 0.1) is 0 Å². The molecule has 0 spiro atoms. The Morgan fingerprint density at radius 2 is 1.93 bits per heavy atom. The summed E-state index contributed by atoms with van der Waals surface area (Å²) in [4.78, 5) is 41.6. The van der Waals surface area contributed by atoms with Crippen LogP contribution in [0.15, 0.2) is 58.4 Å². The van der Waals surface area contributed by atoms with Crippen molar-refractivity contribution < 1.29 is 24.2 Å². The van der Waals surface area contributed by atoms with Gasteiger partial charge in [-0.25, -0.2) is 9.79 Å². The van der Waals surface area contributed by atoms with Crippen molar-refractivity contribution in [3.05, 3.63) is 64.6 Å². The molecule has 1 N–H and O–H groups in total. The Labute approximate surface area is 178 Å². The molecule has 1 aliphatic heterocycles. The van der Waals surface area contributed by atoms with E-state index in [2.05, 4.69) is 4.99 Å². The predicted molar refractivity (Wildman–Crippen MR) is 116 cm³/mol. The highest BCUT2D eigenvalue weighted by Gasteiger charge is 2.32. The fourth-order valence-corrected chi connectivity index (χ4v) is 3.79. The molecule has 0 saturated carbocycles. The number of carboxylic acid groups (broad SMARTS) is 1. The van der Waals surface area contributed by atoms with Gasteiger partial charge in [-0.2, -0.15) is 0 Å². The molecule has 0 bridgehead atoms. The number of amidine groups is 1. The number of benzene rings is 2. The van der Waals surface area contributed by atoms with Gasteiger partial charge in [-0.05, 0) is 61.5 Å². The second kappa shape index (κ2) is 9.41. The number of amides is 1. The molecule has 1 saturated heterocycles. The average molecular weight is 424 g/mol. The number of aliphatic imine (C=N–C) groups is 1. The molecule has 1 heterocycles. The van der Waals surface area contributed by atoms with Crippen molar-refractivity contribution >= 4 is 46.4 Å². The molecule has 30 heavy (non-hydrogen) atoms. The second-order valence-electron chi connectivity index (χ2n) is 6.41. The molecule has 0 atom stereocenters. The lowest BCUT2D eigenvalue weighted by Crippen LogP contribution is -2.28. The number of carboxylic acids is 1. The van der Waals surface area contributed by atoms with Gasteiger partial charge in [0.1, 0.15) is 5.75 Å². The predicted octanol–water partition coefficient (Wildman–Crippen LogP) is 3.98. The molecule has 2 aromatic rings. The Bertz CT molecular complexity index is 1040. The Morgan fingerprint density at radius 3 is 2.57 bits per heavy atom. The highest BCUT2D eigenvalue weighted by Crippen LogP contribution is 2.34. The molecule has 1 fully saturated rings. The summed E-state index contributed by atoms with van der Waals surface area (Å²) in [5, 5.41) is 9.21. The van der Waals surface area contributed by atoms with Gasteiger partial charge in [0.25, 0.3) is 5.91 Å². The molecule has 3 rings (SSSR count). The maximum Gasteiger partial charge on any atom is 0.341 e. The number of hydrogen-bond acceptors (Lipinski definition) is 6. The first-order valence-corrected chi connectivity index (χ1v) is 10.0. The van der Waals surface area contributed by atoms with Crippen molar-refractivity contribution in [1.29, 1.82) is 0 Å². The summed E-state index contributed by atoms with van der Waals surface area (Å²) in [6, 6.07) is 13.8. The lowest BCUT2D eigenvalue weighted by molar-refractivity contribution is -0.139. The number of rotatable bonds is 7. The largest absolute Gasteiger partial charge is 0.482 e. The van der Waals surface area contributed by atoms with E-state index in [0.717, 1.165) is 5.56 Å². The van der Waals surface area contributed by atoms with Gasteiger partial charge in [-0.15, -0.1) is 0 Å². The number of ketones is 1. The van der Waals surface area contributed by atoms with E-state index in [4.69, 9.17) is 9.84 Å². The minimum atomic E-state index is -1.05. The molecule has 0 unspecified atom stereocenters. The van der Waals surface area contributed by atoms with Crippen LogP contribution in [0.4, 0.5) is 5.69 Å². The average Bonchev–Trinajstić information content (AvgIpc) is 3.01. The first kappa shape index (κ1) is 21.3. The number of hydrogen-bond donors (Lipinski definition) is 1. The van der Waals surface area contributed by atoms with Crippen LogP contribution in [0.3, 0.4) is 0 Å². The van der Waals surface area contributed by atoms with E-state index in [9.17, 15) is 14.4 Å². The van der Waals surface area contributed by atoms with Crippen molar-refractivity contribution in [3.63, 3.8) is 0 Å². The van der Waals surface area contributed by atoms with Crippen molar-refractivity contribution in [2.24, 2.45) is 4.99 Å². The Morgan fingerprint density at radius 1 is 1.20 bits per heavy atom. The first-order chi connectivity index (χ1) is 14.4. The fraction of sp³-hybridized carbons (Fsp3) is 0.182. The van der Waals surface area contributed by atoms with E-state index in [1.165, 1.54) is 18.7 Å². The maximum atomic E-state index is 12.8. The summed E-state index contributed by atoms with van der Waals surface area (Å²) in [5.74, 6) is -0.798. The van der Waals surface area contributed by atoms with Gasteiger partial charge in [0, 0.05) is 12.1 Å². The number of ether oxygens (including phenoxy) is 1. The van der Waals surface area contributed by atoms with Gasteiger partial charge < -0.3 is 9.84 Å². The van der Waals surface area contributed by atoms with Gasteiger partial charge in [0.2, 0.25) is 0 Å². The molecular weight excluding hydrogens is 404 g/mol. The van der Waals surface area contributed by atoms with Gasteiger partial charge in [-0.3, -0.25) is 14.5 Å². The molecule has 0 aliphatic carbocycles. The summed E-state index contributed by atoms with van der Waals surface area (Å²) in [5.41, 5.74) is 1.96. The van der Waals surface area contributed by atoms with Gasteiger partial charge in [0.05, 0.1) is 10.6 Å². The monoisotopic (exact) mass is 424 g/mol. The quantitative estimate of drug-likeness (QED) is 0.534. The van der Waals surface area contributed by atoms with Crippen molar-refractivity contribution in [3.8, 4) is 5.75 Å². The first-order valence-electron chi connectivity index (χ1n) is 9.23. The van der Waals surface area contributed by atoms with E-state index in [-0.39, 0.29) is 11.7 Å². The zero-order chi connectivity index (χ0) is 21.7. The minimum Gasteiger partial charge on any atom is -0.482 e. The van der Waals surface area contributed by atoms with Crippen LogP contribution in [-0.2, 0) is 9.59 Å². The van der Waals surface area contributed by atoms with Crippen LogP contribution in [0.25, 0.3) is 6.08 Å². The highest BCUT2D eigenvalue weighted by molar-refractivity contribution is 8.18. The van der Waals surface area contributed by atoms with E-state index in [0.29, 0.717) is 33.6 Å². The molecule has 1 amide bonds. The molecule has 1 aliphatic rings. The summed E-state index contributed by atoms with van der Waals surface area (Å²) in [6.45, 7) is 3.43. The summed E-state index contributed by atoms with van der Waals surface area (Å²) >= 11 is 1.27. The van der Waals surface area contributed by atoms with Crippen LogP contribution >= 0.6 is 11.8 Å². The maximum absolute atomic E-state index is 12.8. The second-order valence-corrected chi connectivity index (χ2v) is 7.42. The van der Waals surface area contributed by atoms with Crippen LogP contribution in [0.1, 0.15) is 29.8 Å². The molecule has 154 valence electrons. The van der Waals surface area contributed by atoms with E-state index < -0.39 is 12.6 Å². The van der Waals surface area contributed by atoms with E-state index in [1.807, 2.05) is 6.92 Å². The number of aliphatic carboxylic acids is 1. The Balaban J connectivity index is 1.82. The van der Waals surface area contributed by atoms with Crippen LogP contribution in [0.2, 0.25) is 0 Å². The number of Topliss-reactive ketones (excluding diaryl/α,β-unsaturated/α-hetero) is 1. The number of nitrogens with zero attached hydrogens (tertiary/aromatic N) is 2. The van der Waals surface area contributed by atoms with Gasteiger partial charge in [-0.1, -0.05) is 24.3 Å². The van der Waals surface area contributed by atoms with E-state index >= 15 is 0 Å². The molecule has 0 radical (unpaired) electrons. The number of thioether (sulfide) groups is 1. The number of likely N-dealkylation sites (N-methyl/N-ethyl adjacent to an activating group) is 1. The molecule has 8 heteroatoms. The standard InChI is InChI=1S/C22H20N2O5S/c1-3-24-21(28)19(11-15-7-9-18(10-8-15)29-13-20(26)27)30-22(24)23-17-6-4-5-16(12-17)14(2)25/h4-12H,3,13H2,1-2H3,(H,26,27)/b19-11-,23-22?. The van der Waals surface area contributed by atoms with Crippen LogP contribution in [-0.4, -0.2) is 46.0 Å². The molecule has 7 nitrogen and oxygen atoms in total. The van der Waals surface area contributed by atoms with E-state index in [1.54, 1.807) is 59.5 Å². The van der Waals surface area contributed by atoms with Gasteiger partial charge in [0.15, 0.2) is 17.6 Å². The normalized spacial score (nSPS) is 16.3. The molecule has 2 aromatic carbocycles. The lowest BCUT2D eigenvalue weighted by atomic mass is 10.1. The Kier molecular flexibility index (Phi) is 6.68. The summed E-state index contributed by atoms with van der Waals surface area (Å²) < 4.78 is 5.11. The lowest BCUT2D eigenvalue weighted by Gasteiger charge is -2.12.